The standard InChI is InChI=1S/C16H12FN3O3S/c17-10-5-2-1-4-9(10)8-18-15(22)12-13(21)16(23)20-14(19-12)11-6-3-7-24-11/h1-7,21H,8H2,(H,18,22)(H,19,20,23). The summed E-state index contributed by atoms with van der Waals surface area (Å²) in [4.78, 5) is 20.6. The minimum absolute atomic E-state index is 0.0793. The second kappa shape index (κ2) is 6.63. The third-order valence-corrected chi connectivity index (χ3v) is 4.09. The van der Waals surface area contributed by atoms with Gasteiger partial charge in [0.2, 0.25) is 5.75 Å². The number of carbonyl (C=O) groups excluding carboxylic acids is 1. The molecule has 1 amide bonds. The van der Waals surface area contributed by atoms with Crippen molar-refractivity contribution in [2.45, 2.75) is 6.54 Å². The summed E-state index contributed by atoms with van der Waals surface area (Å²) < 4.78 is 13.6. The topological polar surface area (TPSA) is 95.3 Å². The third-order valence-electron chi connectivity index (χ3n) is 3.22. The molecule has 3 N–H and O–H groups in total. The number of rotatable bonds is 4. The van der Waals surface area contributed by atoms with E-state index in [0.29, 0.717) is 10.4 Å². The molecule has 24 heavy (non-hydrogen) atoms. The van der Waals surface area contributed by atoms with Crippen LogP contribution >= 0.6 is 11.3 Å². The maximum absolute atomic E-state index is 13.6. The summed E-state index contributed by atoms with van der Waals surface area (Å²) >= 11 is 1.32. The average Bonchev–Trinajstić information content (AvgIpc) is 3.10. The summed E-state index contributed by atoms with van der Waals surface area (Å²) in [5, 5.41) is 23.8. The molecule has 0 radical (unpaired) electrons. The van der Waals surface area contributed by atoms with Gasteiger partial charge in [0.15, 0.2) is 11.5 Å². The van der Waals surface area contributed by atoms with Gasteiger partial charge in [-0.3, -0.25) is 4.79 Å². The summed E-state index contributed by atoms with van der Waals surface area (Å²) in [6, 6.07) is 9.49. The van der Waals surface area contributed by atoms with Crippen LogP contribution in [0.5, 0.6) is 11.6 Å². The fourth-order valence-electron chi connectivity index (χ4n) is 2.02. The molecule has 122 valence electrons. The molecule has 1 aromatic carbocycles. The number of hydrogen-bond acceptors (Lipinski definition) is 6. The second-order valence-electron chi connectivity index (χ2n) is 4.82. The smallest absolute Gasteiger partial charge is 0.274 e. The molecule has 0 unspecified atom stereocenters. The normalized spacial score (nSPS) is 10.5. The largest absolute Gasteiger partial charge is 0.501 e. The molecular weight excluding hydrogens is 333 g/mol. The highest BCUT2D eigenvalue weighted by Crippen LogP contribution is 2.30. The number of aromatic nitrogens is 2. The van der Waals surface area contributed by atoms with Crippen LogP contribution < -0.4 is 5.32 Å². The minimum atomic E-state index is -0.744. The molecule has 3 aromatic rings. The van der Waals surface area contributed by atoms with Gasteiger partial charge in [0.05, 0.1) is 4.88 Å². The second-order valence-corrected chi connectivity index (χ2v) is 5.77. The number of hydrogen-bond donors (Lipinski definition) is 3. The van der Waals surface area contributed by atoms with Crippen molar-refractivity contribution in [2.75, 3.05) is 0 Å². The van der Waals surface area contributed by atoms with Crippen LogP contribution in [0.3, 0.4) is 0 Å². The van der Waals surface area contributed by atoms with Crippen LogP contribution in [0.4, 0.5) is 4.39 Å². The Labute approximate surface area is 140 Å². The summed E-state index contributed by atoms with van der Waals surface area (Å²) in [6.07, 6.45) is 0. The van der Waals surface area contributed by atoms with Gasteiger partial charge in [-0.05, 0) is 17.5 Å². The highest BCUT2D eigenvalue weighted by atomic mass is 32.1. The van der Waals surface area contributed by atoms with Gasteiger partial charge in [-0.2, -0.15) is 4.98 Å². The van der Waals surface area contributed by atoms with Crippen molar-refractivity contribution in [1.29, 1.82) is 0 Å². The van der Waals surface area contributed by atoms with Crippen LogP contribution in [0.2, 0.25) is 0 Å². The van der Waals surface area contributed by atoms with Gasteiger partial charge in [0.25, 0.3) is 11.8 Å². The number of benzene rings is 1. The van der Waals surface area contributed by atoms with E-state index in [1.54, 1.807) is 29.6 Å². The molecule has 0 spiro atoms. The van der Waals surface area contributed by atoms with Crippen molar-refractivity contribution in [3.05, 3.63) is 58.9 Å². The Kier molecular flexibility index (Phi) is 4.39. The number of thiophene rings is 1. The van der Waals surface area contributed by atoms with Crippen molar-refractivity contribution in [3.8, 4) is 22.3 Å². The highest BCUT2D eigenvalue weighted by Gasteiger charge is 2.20. The lowest BCUT2D eigenvalue weighted by molar-refractivity contribution is 0.0941. The summed E-state index contributed by atoms with van der Waals surface area (Å²) in [6.45, 7) is -0.0793. The van der Waals surface area contributed by atoms with Crippen molar-refractivity contribution in [1.82, 2.24) is 15.3 Å². The van der Waals surface area contributed by atoms with E-state index in [-0.39, 0.29) is 18.1 Å². The first kappa shape index (κ1) is 15.9. The molecule has 2 heterocycles. The Morgan fingerprint density at radius 3 is 2.67 bits per heavy atom. The number of aromatic hydroxyl groups is 2. The van der Waals surface area contributed by atoms with E-state index in [0.717, 1.165) is 0 Å². The number of nitrogens with one attached hydrogen (secondary N) is 1. The van der Waals surface area contributed by atoms with Gasteiger partial charge in [-0.25, -0.2) is 9.37 Å². The van der Waals surface area contributed by atoms with Gasteiger partial charge in [-0.15, -0.1) is 11.3 Å². The van der Waals surface area contributed by atoms with E-state index in [1.807, 2.05) is 0 Å². The molecule has 0 saturated carbocycles. The number of carbonyl (C=O) groups is 1. The van der Waals surface area contributed by atoms with Gasteiger partial charge < -0.3 is 15.5 Å². The van der Waals surface area contributed by atoms with E-state index in [1.165, 1.54) is 23.5 Å². The van der Waals surface area contributed by atoms with Crippen molar-refractivity contribution in [3.63, 3.8) is 0 Å². The van der Waals surface area contributed by atoms with Gasteiger partial charge in [-0.1, -0.05) is 24.3 Å². The van der Waals surface area contributed by atoms with E-state index in [9.17, 15) is 19.4 Å². The molecule has 0 bridgehead atoms. The monoisotopic (exact) mass is 345 g/mol. The Morgan fingerprint density at radius 2 is 1.96 bits per heavy atom. The highest BCUT2D eigenvalue weighted by molar-refractivity contribution is 7.13. The summed E-state index contributed by atoms with van der Waals surface area (Å²) in [5.41, 5.74) is -0.0793. The third kappa shape index (κ3) is 3.18. The van der Waals surface area contributed by atoms with E-state index < -0.39 is 23.4 Å². The quantitative estimate of drug-likeness (QED) is 0.676. The van der Waals surface area contributed by atoms with Crippen molar-refractivity contribution < 1.29 is 19.4 Å². The Bertz CT molecular complexity index is 884. The van der Waals surface area contributed by atoms with Gasteiger partial charge in [0.1, 0.15) is 5.82 Å². The molecule has 3 rings (SSSR count). The fraction of sp³-hybridized carbons (Fsp3) is 0.0625. The first-order valence-electron chi connectivity index (χ1n) is 6.91. The predicted molar refractivity (Wildman–Crippen MR) is 86.2 cm³/mol. The Hall–Kier alpha value is -3.00. The predicted octanol–water partition coefficient (Wildman–Crippen LogP) is 2.69. The van der Waals surface area contributed by atoms with E-state index in [4.69, 9.17) is 0 Å². The maximum atomic E-state index is 13.6. The zero-order valence-electron chi connectivity index (χ0n) is 12.2. The van der Waals surface area contributed by atoms with Crippen molar-refractivity contribution >= 4 is 17.2 Å². The van der Waals surface area contributed by atoms with Gasteiger partial charge >= 0.3 is 0 Å². The van der Waals surface area contributed by atoms with E-state index in [2.05, 4.69) is 15.3 Å². The SMILES string of the molecule is O=C(NCc1ccccc1F)c1nc(-c2cccs2)nc(O)c1O. The Balaban J connectivity index is 1.85. The fourth-order valence-corrected chi connectivity index (χ4v) is 2.68. The Morgan fingerprint density at radius 1 is 1.17 bits per heavy atom. The number of halogens is 1. The summed E-state index contributed by atoms with van der Waals surface area (Å²) in [7, 11) is 0. The van der Waals surface area contributed by atoms with Crippen molar-refractivity contribution in [2.24, 2.45) is 0 Å². The molecule has 0 fully saturated rings. The first-order valence-corrected chi connectivity index (χ1v) is 7.79. The lowest BCUT2D eigenvalue weighted by atomic mass is 10.2. The van der Waals surface area contributed by atoms with Crippen LogP contribution in [0, 0.1) is 5.82 Å². The van der Waals surface area contributed by atoms with Crippen LogP contribution in [-0.4, -0.2) is 26.1 Å². The molecular formula is C16H12FN3O3S. The molecule has 0 atom stereocenters. The first-order chi connectivity index (χ1) is 11.6. The number of nitrogens with zero attached hydrogens (tertiary/aromatic N) is 2. The lowest BCUT2D eigenvalue weighted by Crippen LogP contribution is -2.24. The average molecular weight is 345 g/mol. The number of amides is 1. The van der Waals surface area contributed by atoms with Gasteiger partial charge in [0, 0.05) is 12.1 Å². The zero-order valence-corrected chi connectivity index (χ0v) is 13.0. The van der Waals surface area contributed by atoms with E-state index >= 15 is 0 Å². The minimum Gasteiger partial charge on any atom is -0.501 e. The molecule has 0 saturated heterocycles. The molecule has 6 nitrogen and oxygen atoms in total. The molecule has 0 aliphatic carbocycles. The molecule has 2 aromatic heterocycles. The summed E-state index contributed by atoms with van der Waals surface area (Å²) in [5.74, 6) is -2.49. The maximum Gasteiger partial charge on any atom is 0.274 e. The van der Waals surface area contributed by atoms with Crippen LogP contribution in [-0.2, 0) is 6.54 Å². The zero-order chi connectivity index (χ0) is 17.1. The van der Waals surface area contributed by atoms with Crippen LogP contribution in [0.1, 0.15) is 16.1 Å². The lowest BCUT2D eigenvalue weighted by Gasteiger charge is -2.09. The molecule has 8 heteroatoms. The molecule has 0 aliphatic rings. The van der Waals surface area contributed by atoms with Crippen LogP contribution in [0.15, 0.2) is 41.8 Å². The molecule has 0 aliphatic heterocycles. The van der Waals surface area contributed by atoms with Crippen LogP contribution in [0.25, 0.3) is 10.7 Å².